The number of hydrogen-bond donors (Lipinski definition) is 1. The van der Waals surface area contributed by atoms with Crippen LogP contribution in [0.3, 0.4) is 0 Å². The minimum atomic E-state index is -4.80. The molecule has 0 aliphatic heterocycles. The predicted molar refractivity (Wildman–Crippen MR) is 139 cm³/mol. The van der Waals surface area contributed by atoms with Crippen LogP contribution in [0.5, 0.6) is 0 Å². The molecule has 9 heteroatoms. The number of pyridine rings is 1. The summed E-state index contributed by atoms with van der Waals surface area (Å²) in [5.74, 6) is -1.07. The third-order valence-corrected chi connectivity index (χ3v) is 7.09. The first-order chi connectivity index (χ1) is 18.1. The number of amides is 2. The maximum atomic E-state index is 14.8. The monoisotopic (exact) mass is 545 g/mol. The molecule has 200 valence electrons. The van der Waals surface area contributed by atoms with Gasteiger partial charge in [0.15, 0.2) is 0 Å². The van der Waals surface area contributed by atoms with Crippen LogP contribution < -0.4 is 5.32 Å². The number of nitrogens with one attached hydrogen (secondary N) is 1. The number of nitrogens with zero attached hydrogens (tertiary/aromatic N) is 2. The Labute approximate surface area is 224 Å². The molecular formula is C29H28ClF4N3O. The van der Waals surface area contributed by atoms with Crippen LogP contribution in [-0.4, -0.2) is 28.5 Å². The van der Waals surface area contributed by atoms with Gasteiger partial charge in [0.25, 0.3) is 0 Å². The molecular weight excluding hydrogens is 518 g/mol. The molecule has 0 saturated heterocycles. The molecule has 1 aliphatic carbocycles. The van der Waals surface area contributed by atoms with Crippen molar-refractivity contribution in [2.24, 2.45) is 0 Å². The van der Waals surface area contributed by atoms with E-state index in [1.165, 1.54) is 18.3 Å². The Morgan fingerprint density at radius 3 is 2.37 bits per heavy atom. The molecule has 0 radical (unpaired) electrons. The van der Waals surface area contributed by atoms with Crippen LogP contribution in [0, 0.1) is 5.82 Å². The summed E-state index contributed by atoms with van der Waals surface area (Å²) in [4.78, 5) is 20.0. The smallest absolute Gasteiger partial charge is 0.322 e. The Morgan fingerprint density at radius 2 is 1.76 bits per heavy atom. The fraction of sp³-hybridized carbons (Fsp3) is 0.310. The quantitative estimate of drug-likeness (QED) is 0.235. The van der Waals surface area contributed by atoms with Gasteiger partial charge in [0.05, 0.1) is 16.3 Å². The average molecular weight is 546 g/mol. The number of alkyl halides is 3. The first-order valence-electron chi connectivity index (χ1n) is 12.4. The van der Waals surface area contributed by atoms with Crippen LogP contribution >= 0.6 is 11.6 Å². The molecule has 1 aliphatic rings. The van der Waals surface area contributed by atoms with Crippen molar-refractivity contribution in [3.8, 4) is 0 Å². The fourth-order valence-electron chi connectivity index (χ4n) is 5.06. The van der Waals surface area contributed by atoms with Gasteiger partial charge >= 0.3 is 12.2 Å². The summed E-state index contributed by atoms with van der Waals surface area (Å²) >= 11 is 6.08. The summed E-state index contributed by atoms with van der Waals surface area (Å²) in [5.41, 5.74) is -1.96. The van der Waals surface area contributed by atoms with E-state index in [2.05, 4.69) is 16.9 Å². The van der Waals surface area contributed by atoms with Gasteiger partial charge in [-0.15, -0.1) is 6.58 Å². The molecule has 2 aromatic carbocycles. The summed E-state index contributed by atoms with van der Waals surface area (Å²) in [6.07, 6.45) is 1.74. The zero-order valence-electron chi connectivity index (χ0n) is 20.6. The zero-order valence-corrected chi connectivity index (χ0v) is 21.4. The number of carbonyl (C=O) groups excluding carboxylic acids is 1. The van der Waals surface area contributed by atoms with Gasteiger partial charge in [0.2, 0.25) is 0 Å². The lowest BCUT2D eigenvalue weighted by Gasteiger charge is -2.39. The van der Waals surface area contributed by atoms with Gasteiger partial charge in [0, 0.05) is 25.2 Å². The highest BCUT2D eigenvalue weighted by molar-refractivity contribution is 6.30. The highest BCUT2D eigenvalue weighted by Crippen LogP contribution is 2.38. The molecule has 1 heterocycles. The molecule has 1 fully saturated rings. The van der Waals surface area contributed by atoms with E-state index in [1.54, 1.807) is 41.3 Å². The van der Waals surface area contributed by atoms with Crippen molar-refractivity contribution in [3.63, 3.8) is 0 Å². The lowest BCUT2D eigenvalue weighted by Crippen LogP contribution is -2.55. The maximum Gasteiger partial charge on any atom is 0.416 e. The number of rotatable bonds is 8. The molecule has 2 amide bonds. The van der Waals surface area contributed by atoms with E-state index >= 15 is 0 Å². The van der Waals surface area contributed by atoms with Crippen molar-refractivity contribution in [1.82, 2.24) is 15.2 Å². The second-order valence-corrected chi connectivity index (χ2v) is 9.90. The van der Waals surface area contributed by atoms with Gasteiger partial charge < -0.3 is 10.2 Å². The first-order valence-corrected chi connectivity index (χ1v) is 12.7. The molecule has 3 aromatic rings. The Balaban J connectivity index is 1.93. The predicted octanol–water partition coefficient (Wildman–Crippen LogP) is 7.52. The van der Waals surface area contributed by atoms with Gasteiger partial charge in [-0.3, -0.25) is 4.98 Å². The highest BCUT2D eigenvalue weighted by Gasteiger charge is 2.42. The van der Waals surface area contributed by atoms with E-state index in [4.69, 9.17) is 11.6 Å². The average Bonchev–Trinajstić information content (AvgIpc) is 3.41. The molecule has 0 bridgehead atoms. The molecule has 1 atom stereocenters. The van der Waals surface area contributed by atoms with Crippen molar-refractivity contribution >= 4 is 17.6 Å². The third kappa shape index (κ3) is 6.18. The van der Waals surface area contributed by atoms with Crippen molar-refractivity contribution in [2.45, 2.75) is 49.9 Å². The van der Waals surface area contributed by atoms with Crippen LogP contribution in [0.25, 0.3) is 0 Å². The molecule has 4 rings (SSSR count). The van der Waals surface area contributed by atoms with Gasteiger partial charge in [-0.05, 0) is 54.3 Å². The standard InChI is InChI=1S/C29H28ClF4N3O/c1-2-14-37(25-10-6-7-11-25)27(38)36-28(18-20-8-4-3-5-9-20,26-13-12-23(30)19-35-26)21-15-22(29(32,33)34)17-24(31)16-21/h2-5,8-9,12-13,15-17,19,25H,1,6-7,10-11,14,18H2,(H,36,38)/t28-/m0/s1. The summed E-state index contributed by atoms with van der Waals surface area (Å²) in [7, 11) is 0. The first kappa shape index (κ1) is 27.6. The van der Waals surface area contributed by atoms with E-state index < -0.39 is 29.1 Å². The normalized spacial score (nSPS) is 15.6. The summed E-state index contributed by atoms with van der Waals surface area (Å²) < 4.78 is 56.2. The number of hydrogen-bond acceptors (Lipinski definition) is 2. The second-order valence-electron chi connectivity index (χ2n) is 9.47. The lowest BCUT2D eigenvalue weighted by atomic mass is 9.79. The van der Waals surface area contributed by atoms with E-state index in [0.29, 0.717) is 16.7 Å². The van der Waals surface area contributed by atoms with Gasteiger partial charge in [-0.25, -0.2) is 9.18 Å². The van der Waals surface area contributed by atoms with E-state index in [9.17, 15) is 22.4 Å². The molecule has 0 spiro atoms. The summed E-state index contributed by atoms with van der Waals surface area (Å²) in [6.45, 7) is 4.02. The molecule has 38 heavy (non-hydrogen) atoms. The maximum absolute atomic E-state index is 14.8. The highest BCUT2D eigenvalue weighted by atomic mass is 35.5. The van der Waals surface area contributed by atoms with Gasteiger partial charge in [-0.1, -0.05) is 60.9 Å². The Kier molecular flexibility index (Phi) is 8.41. The number of benzene rings is 2. The molecule has 1 aromatic heterocycles. The van der Waals surface area contributed by atoms with E-state index in [-0.39, 0.29) is 30.3 Å². The molecule has 1 saturated carbocycles. The van der Waals surface area contributed by atoms with Crippen molar-refractivity contribution in [2.75, 3.05) is 6.54 Å². The van der Waals surface area contributed by atoms with Crippen molar-refractivity contribution in [3.05, 3.63) is 113 Å². The van der Waals surface area contributed by atoms with E-state index in [0.717, 1.165) is 37.8 Å². The Hall–Kier alpha value is -3.39. The minimum absolute atomic E-state index is 0.0154. The van der Waals surface area contributed by atoms with Crippen LogP contribution in [0.2, 0.25) is 5.02 Å². The minimum Gasteiger partial charge on any atom is -0.322 e. The van der Waals surface area contributed by atoms with Crippen LogP contribution in [0.1, 0.15) is 48.1 Å². The van der Waals surface area contributed by atoms with E-state index in [1.807, 2.05) is 0 Å². The number of aromatic nitrogens is 1. The SMILES string of the molecule is C=CCN(C(=O)N[C@@](Cc1ccccc1)(c1cc(F)cc(C(F)(F)F)c1)c1ccc(Cl)cn1)C1CCCC1. The largest absolute Gasteiger partial charge is 0.416 e. The Morgan fingerprint density at radius 1 is 1.08 bits per heavy atom. The van der Waals surface area contributed by atoms with Crippen LogP contribution in [0.15, 0.2) is 79.5 Å². The second kappa shape index (κ2) is 11.6. The molecule has 1 N–H and O–H groups in total. The number of halogens is 5. The molecule has 0 unspecified atom stereocenters. The summed E-state index contributed by atoms with van der Waals surface area (Å²) in [5, 5.41) is 3.31. The Bertz CT molecular complexity index is 1260. The van der Waals surface area contributed by atoms with Crippen molar-refractivity contribution < 1.29 is 22.4 Å². The fourth-order valence-corrected chi connectivity index (χ4v) is 5.17. The topological polar surface area (TPSA) is 45.2 Å². The molecule has 4 nitrogen and oxygen atoms in total. The van der Waals surface area contributed by atoms with Crippen molar-refractivity contribution in [1.29, 1.82) is 0 Å². The van der Waals surface area contributed by atoms with Crippen LogP contribution in [0.4, 0.5) is 22.4 Å². The zero-order chi connectivity index (χ0) is 27.3. The number of urea groups is 1. The summed E-state index contributed by atoms with van der Waals surface area (Å²) in [6, 6.07) is 13.8. The van der Waals surface area contributed by atoms with Crippen LogP contribution in [-0.2, 0) is 18.1 Å². The third-order valence-electron chi connectivity index (χ3n) is 6.87. The van der Waals surface area contributed by atoms with Gasteiger partial charge in [0.1, 0.15) is 11.4 Å². The number of carbonyl (C=O) groups is 1. The lowest BCUT2D eigenvalue weighted by molar-refractivity contribution is -0.137. The van der Waals surface area contributed by atoms with Gasteiger partial charge in [-0.2, -0.15) is 13.2 Å².